The number of thioether (sulfide) groups is 1. The summed E-state index contributed by atoms with van der Waals surface area (Å²) in [6, 6.07) is 8.62. The predicted octanol–water partition coefficient (Wildman–Crippen LogP) is 2.15. The quantitative estimate of drug-likeness (QED) is 0.669. The molecular weight excluding hydrogens is 382 g/mol. The van der Waals surface area contributed by atoms with Crippen molar-refractivity contribution in [1.29, 1.82) is 0 Å². The van der Waals surface area contributed by atoms with Crippen LogP contribution in [0.3, 0.4) is 0 Å². The van der Waals surface area contributed by atoms with Crippen LogP contribution in [0, 0.1) is 0 Å². The Morgan fingerprint density at radius 2 is 1.96 bits per heavy atom. The van der Waals surface area contributed by atoms with Crippen molar-refractivity contribution >= 4 is 29.0 Å². The molecule has 1 aliphatic rings. The minimum atomic E-state index is -0.466. The Balaban J connectivity index is 1.51. The summed E-state index contributed by atoms with van der Waals surface area (Å²) >= 11 is 1.55. The zero-order chi connectivity index (χ0) is 19.9. The van der Waals surface area contributed by atoms with Gasteiger partial charge in [0.2, 0.25) is 12.7 Å². The molecule has 1 N–H and O–H groups in total. The molecule has 9 nitrogen and oxygen atoms in total. The number of hydrogen-bond acceptors (Lipinski definition) is 7. The topological polar surface area (TPSA) is 99.8 Å². The molecule has 0 fully saturated rings. The van der Waals surface area contributed by atoms with Gasteiger partial charge in [0, 0.05) is 16.5 Å². The van der Waals surface area contributed by atoms with Crippen LogP contribution in [-0.4, -0.2) is 36.8 Å². The Bertz CT molecular complexity index is 1120. The first-order chi connectivity index (χ1) is 13.3. The summed E-state index contributed by atoms with van der Waals surface area (Å²) in [4.78, 5) is 24.9. The lowest BCUT2D eigenvalue weighted by atomic mass is 10.3. The highest BCUT2D eigenvalue weighted by Gasteiger charge is 2.17. The highest BCUT2D eigenvalue weighted by molar-refractivity contribution is 8.00. The number of anilines is 1. The number of carbonyl (C=O) groups excluding carboxylic acids is 1. The molecule has 0 unspecified atom stereocenters. The lowest BCUT2D eigenvalue weighted by molar-refractivity contribution is -0.117. The average Bonchev–Trinajstić information content (AvgIpc) is 3.19. The van der Waals surface area contributed by atoms with E-state index in [0.717, 1.165) is 4.68 Å². The molecule has 0 saturated heterocycles. The van der Waals surface area contributed by atoms with Crippen LogP contribution in [0.4, 0.5) is 5.69 Å². The van der Waals surface area contributed by atoms with Gasteiger partial charge < -0.3 is 14.8 Å². The van der Waals surface area contributed by atoms with Crippen LogP contribution in [-0.2, 0) is 11.3 Å². The molecule has 0 spiro atoms. The maximum atomic E-state index is 12.6. The van der Waals surface area contributed by atoms with E-state index in [9.17, 15) is 9.59 Å². The average molecular weight is 401 g/mol. The van der Waals surface area contributed by atoms with E-state index in [1.54, 1.807) is 36.0 Å². The van der Waals surface area contributed by atoms with Crippen molar-refractivity contribution in [2.45, 2.75) is 37.1 Å². The Labute approximate surface area is 164 Å². The Hall–Kier alpha value is -3.01. The first kappa shape index (κ1) is 18.4. The maximum Gasteiger partial charge on any atom is 0.367 e. The zero-order valence-corrected chi connectivity index (χ0v) is 16.4. The number of amides is 1. The van der Waals surface area contributed by atoms with Crippen molar-refractivity contribution in [2.75, 3.05) is 12.1 Å². The molecule has 0 atom stereocenters. The summed E-state index contributed by atoms with van der Waals surface area (Å²) < 4.78 is 12.8. The summed E-state index contributed by atoms with van der Waals surface area (Å²) in [7, 11) is 0. The SMILES string of the molecule is CC(C)(C)Sc1ccc2nn(CC(=O)Nc3ccc4c(c3)OCO4)c(=O)n2n1. The van der Waals surface area contributed by atoms with Crippen LogP contribution >= 0.6 is 11.8 Å². The minimum absolute atomic E-state index is 0.0369. The molecule has 28 heavy (non-hydrogen) atoms. The molecule has 0 radical (unpaired) electrons. The van der Waals surface area contributed by atoms with Crippen molar-refractivity contribution in [3.8, 4) is 11.5 Å². The number of carbonyl (C=O) groups is 1. The molecule has 146 valence electrons. The van der Waals surface area contributed by atoms with Crippen LogP contribution in [0.1, 0.15) is 20.8 Å². The molecule has 2 aromatic heterocycles. The highest BCUT2D eigenvalue weighted by Crippen LogP contribution is 2.34. The number of fused-ring (bicyclic) bond motifs is 2. The van der Waals surface area contributed by atoms with E-state index in [1.807, 2.05) is 6.07 Å². The smallest absolute Gasteiger partial charge is 0.367 e. The fraction of sp³-hybridized carbons (Fsp3) is 0.333. The van der Waals surface area contributed by atoms with Gasteiger partial charge in [-0.05, 0) is 24.3 Å². The van der Waals surface area contributed by atoms with Gasteiger partial charge in [-0.3, -0.25) is 4.79 Å². The van der Waals surface area contributed by atoms with E-state index < -0.39 is 5.69 Å². The van der Waals surface area contributed by atoms with Gasteiger partial charge in [-0.2, -0.15) is 9.61 Å². The van der Waals surface area contributed by atoms with Gasteiger partial charge in [-0.1, -0.05) is 32.5 Å². The van der Waals surface area contributed by atoms with Gasteiger partial charge in [0.05, 0.1) is 0 Å². The van der Waals surface area contributed by atoms with Gasteiger partial charge in [-0.15, -0.1) is 5.10 Å². The number of rotatable bonds is 4. The van der Waals surface area contributed by atoms with Crippen molar-refractivity contribution in [2.24, 2.45) is 0 Å². The maximum absolute atomic E-state index is 12.6. The summed E-state index contributed by atoms with van der Waals surface area (Å²) in [5, 5.41) is 12.0. The Morgan fingerprint density at radius 1 is 1.18 bits per heavy atom. The van der Waals surface area contributed by atoms with Gasteiger partial charge in [0.25, 0.3) is 0 Å². The number of hydrogen-bond donors (Lipinski definition) is 1. The summed E-state index contributed by atoms with van der Waals surface area (Å²) in [6.45, 7) is 6.13. The monoisotopic (exact) mass is 401 g/mol. The molecule has 0 saturated carbocycles. The van der Waals surface area contributed by atoms with Crippen LogP contribution in [0.2, 0.25) is 0 Å². The van der Waals surface area contributed by atoms with E-state index in [4.69, 9.17) is 9.47 Å². The van der Waals surface area contributed by atoms with Crippen LogP contribution in [0.15, 0.2) is 40.2 Å². The third-order valence-corrected chi connectivity index (χ3v) is 4.82. The second-order valence-corrected chi connectivity index (χ2v) is 9.06. The molecular formula is C18H19N5O4S. The molecule has 0 bridgehead atoms. The van der Waals surface area contributed by atoms with E-state index in [2.05, 4.69) is 36.3 Å². The number of aromatic nitrogens is 4. The number of nitrogens with one attached hydrogen (secondary N) is 1. The van der Waals surface area contributed by atoms with Crippen molar-refractivity contribution in [3.05, 3.63) is 40.8 Å². The van der Waals surface area contributed by atoms with Gasteiger partial charge >= 0.3 is 5.69 Å². The molecule has 0 aliphatic carbocycles. The van der Waals surface area contributed by atoms with Crippen LogP contribution in [0.5, 0.6) is 11.5 Å². The first-order valence-corrected chi connectivity index (χ1v) is 9.46. The fourth-order valence-corrected chi connectivity index (χ4v) is 3.56. The molecule has 3 aromatic rings. The van der Waals surface area contributed by atoms with Gasteiger partial charge in [0.15, 0.2) is 17.1 Å². The first-order valence-electron chi connectivity index (χ1n) is 8.64. The molecule has 4 rings (SSSR count). The number of nitrogens with zero attached hydrogens (tertiary/aromatic N) is 4. The minimum Gasteiger partial charge on any atom is -0.454 e. The largest absolute Gasteiger partial charge is 0.454 e. The van der Waals surface area contributed by atoms with Crippen molar-refractivity contribution < 1.29 is 14.3 Å². The molecule has 1 aliphatic heterocycles. The Kier molecular flexibility index (Phi) is 4.50. The molecule has 1 amide bonds. The van der Waals surface area contributed by atoms with Crippen molar-refractivity contribution in [1.82, 2.24) is 19.4 Å². The molecule has 10 heteroatoms. The molecule has 1 aromatic carbocycles. The summed E-state index contributed by atoms with van der Waals surface area (Å²) in [6.07, 6.45) is 0. The van der Waals surface area contributed by atoms with Crippen LogP contribution < -0.4 is 20.5 Å². The number of ether oxygens (including phenoxy) is 2. The van der Waals surface area contributed by atoms with E-state index in [1.165, 1.54) is 4.52 Å². The number of benzene rings is 1. The summed E-state index contributed by atoms with van der Waals surface area (Å²) in [5.74, 6) is 0.814. The third kappa shape index (κ3) is 3.81. The lowest BCUT2D eigenvalue weighted by Gasteiger charge is -2.16. The second-order valence-electron chi connectivity index (χ2n) is 7.21. The van der Waals surface area contributed by atoms with Crippen molar-refractivity contribution in [3.63, 3.8) is 0 Å². The zero-order valence-electron chi connectivity index (χ0n) is 15.6. The third-order valence-electron chi connectivity index (χ3n) is 3.78. The summed E-state index contributed by atoms with van der Waals surface area (Å²) in [5.41, 5.74) is 0.472. The molecule has 3 heterocycles. The normalized spacial score (nSPS) is 13.1. The second kappa shape index (κ2) is 6.86. The standard InChI is InChI=1S/C18H19N5O4S/c1-18(2,3)28-16-7-6-14-20-22(17(25)23(14)21-16)9-15(24)19-11-4-5-12-13(8-11)27-10-26-12/h4-8H,9-10H2,1-3H3,(H,19,24). The Morgan fingerprint density at radius 3 is 2.75 bits per heavy atom. The van der Waals surface area contributed by atoms with E-state index in [-0.39, 0.29) is 24.0 Å². The highest BCUT2D eigenvalue weighted by atomic mass is 32.2. The lowest BCUT2D eigenvalue weighted by Crippen LogP contribution is -2.29. The van der Waals surface area contributed by atoms with E-state index in [0.29, 0.717) is 27.9 Å². The van der Waals surface area contributed by atoms with Gasteiger partial charge in [-0.25, -0.2) is 9.48 Å². The van der Waals surface area contributed by atoms with Crippen LogP contribution in [0.25, 0.3) is 5.65 Å². The van der Waals surface area contributed by atoms with Gasteiger partial charge in [0.1, 0.15) is 11.6 Å². The fourth-order valence-electron chi connectivity index (χ4n) is 2.67. The van der Waals surface area contributed by atoms with E-state index >= 15 is 0 Å². The predicted molar refractivity (Wildman–Crippen MR) is 104 cm³/mol.